The van der Waals surface area contributed by atoms with E-state index in [0.29, 0.717) is 23.7 Å². The summed E-state index contributed by atoms with van der Waals surface area (Å²) < 4.78 is 0. The molecule has 8 heteroatoms. The van der Waals surface area contributed by atoms with Crippen molar-refractivity contribution in [1.29, 1.82) is 0 Å². The van der Waals surface area contributed by atoms with Crippen LogP contribution in [0.1, 0.15) is 28.4 Å². The van der Waals surface area contributed by atoms with Crippen molar-refractivity contribution in [3.63, 3.8) is 0 Å². The highest BCUT2D eigenvalue weighted by Gasteiger charge is 2.28. The van der Waals surface area contributed by atoms with E-state index in [2.05, 4.69) is 10.2 Å². The second-order valence-corrected chi connectivity index (χ2v) is 8.26. The van der Waals surface area contributed by atoms with Gasteiger partial charge in [-0.15, -0.1) is 0 Å². The van der Waals surface area contributed by atoms with Crippen LogP contribution in [0.3, 0.4) is 0 Å². The maximum Gasteiger partial charge on any atom is 0.251 e. The number of nitrogens with zero attached hydrogens (tertiary/aromatic N) is 2. The number of benzene rings is 2. The average Bonchev–Trinajstić information content (AvgIpc) is 3.16. The Hall–Kier alpha value is -2.12. The zero-order valence-electron chi connectivity index (χ0n) is 16.7. The lowest BCUT2D eigenvalue weighted by Gasteiger charge is -2.32. The Bertz CT molecular complexity index is 894. The molecular formula is C22H25Cl2N3O3. The lowest BCUT2D eigenvalue weighted by atomic mass is 10.0. The standard InChI is InChI=1S/C22H25Cl2N3O3/c1-26(21(29)12-25-22(30)16-7-8-18(23)19(24)11-16)20(15-5-3-2-4-6-15)14-27-10-9-17(28)13-27/h2-8,11,17,20,28H,9-10,12-14H2,1H3,(H,25,30)/t17-,20-/m1/s1. The molecule has 1 aliphatic heterocycles. The van der Waals surface area contributed by atoms with Crippen molar-refractivity contribution < 1.29 is 14.7 Å². The van der Waals surface area contributed by atoms with Gasteiger partial charge in [-0.1, -0.05) is 53.5 Å². The van der Waals surface area contributed by atoms with E-state index in [-0.39, 0.29) is 29.6 Å². The summed E-state index contributed by atoms with van der Waals surface area (Å²) >= 11 is 11.8. The lowest BCUT2D eigenvalue weighted by Crippen LogP contribution is -2.43. The van der Waals surface area contributed by atoms with E-state index in [1.807, 2.05) is 30.3 Å². The van der Waals surface area contributed by atoms with E-state index in [1.54, 1.807) is 24.1 Å². The summed E-state index contributed by atoms with van der Waals surface area (Å²) in [6, 6.07) is 14.1. The molecule has 1 fully saturated rings. The van der Waals surface area contributed by atoms with Crippen LogP contribution in [0.5, 0.6) is 0 Å². The summed E-state index contributed by atoms with van der Waals surface area (Å²) in [5, 5.41) is 13.1. The highest BCUT2D eigenvalue weighted by atomic mass is 35.5. The molecule has 1 aliphatic rings. The van der Waals surface area contributed by atoms with Crippen LogP contribution in [0, 0.1) is 0 Å². The number of amides is 2. The summed E-state index contributed by atoms with van der Waals surface area (Å²) in [4.78, 5) is 29.0. The monoisotopic (exact) mass is 449 g/mol. The van der Waals surface area contributed by atoms with E-state index in [9.17, 15) is 14.7 Å². The molecule has 0 bridgehead atoms. The number of carbonyl (C=O) groups excluding carboxylic acids is 2. The maximum absolute atomic E-state index is 12.8. The first-order chi connectivity index (χ1) is 14.3. The number of rotatable bonds is 7. The van der Waals surface area contributed by atoms with Crippen LogP contribution in [-0.2, 0) is 4.79 Å². The van der Waals surface area contributed by atoms with Crippen molar-refractivity contribution in [2.75, 3.05) is 33.2 Å². The fraction of sp³-hybridized carbons (Fsp3) is 0.364. The van der Waals surface area contributed by atoms with Gasteiger partial charge >= 0.3 is 0 Å². The van der Waals surface area contributed by atoms with Crippen LogP contribution >= 0.6 is 23.2 Å². The Balaban J connectivity index is 1.65. The molecule has 0 spiro atoms. The second kappa shape index (κ2) is 10.3. The largest absolute Gasteiger partial charge is 0.392 e. The van der Waals surface area contributed by atoms with Gasteiger partial charge in [0.1, 0.15) is 0 Å². The molecule has 3 rings (SSSR count). The minimum Gasteiger partial charge on any atom is -0.392 e. The molecule has 6 nitrogen and oxygen atoms in total. The summed E-state index contributed by atoms with van der Waals surface area (Å²) in [6.45, 7) is 1.87. The van der Waals surface area contributed by atoms with Gasteiger partial charge in [0, 0.05) is 32.2 Å². The maximum atomic E-state index is 12.8. The Morgan fingerprint density at radius 2 is 1.93 bits per heavy atom. The van der Waals surface area contributed by atoms with Gasteiger partial charge in [-0.25, -0.2) is 0 Å². The Labute approximate surface area is 186 Å². The van der Waals surface area contributed by atoms with Gasteiger partial charge in [-0.2, -0.15) is 0 Å². The van der Waals surface area contributed by atoms with Crippen molar-refractivity contribution in [1.82, 2.24) is 15.1 Å². The van der Waals surface area contributed by atoms with E-state index >= 15 is 0 Å². The van der Waals surface area contributed by atoms with Gasteiger partial charge in [0.15, 0.2) is 0 Å². The van der Waals surface area contributed by atoms with Gasteiger partial charge in [0.25, 0.3) is 5.91 Å². The van der Waals surface area contributed by atoms with Gasteiger partial charge in [0.2, 0.25) is 5.91 Å². The SMILES string of the molecule is CN(C(=O)CNC(=O)c1ccc(Cl)c(Cl)c1)[C@H](CN1CC[C@@H](O)C1)c1ccccc1. The molecular weight excluding hydrogens is 425 g/mol. The van der Waals surface area contributed by atoms with Gasteiger partial charge in [-0.3, -0.25) is 14.5 Å². The minimum atomic E-state index is -0.394. The molecule has 1 heterocycles. The van der Waals surface area contributed by atoms with Crippen LogP contribution in [-0.4, -0.2) is 66.1 Å². The highest BCUT2D eigenvalue weighted by Crippen LogP contribution is 2.24. The van der Waals surface area contributed by atoms with Crippen molar-refractivity contribution in [3.8, 4) is 0 Å². The van der Waals surface area contributed by atoms with E-state index in [4.69, 9.17) is 23.2 Å². The number of carbonyl (C=O) groups is 2. The van der Waals surface area contributed by atoms with Crippen molar-refractivity contribution in [2.24, 2.45) is 0 Å². The smallest absolute Gasteiger partial charge is 0.251 e. The third kappa shape index (κ3) is 5.73. The molecule has 0 aromatic heterocycles. The van der Waals surface area contributed by atoms with Crippen LogP contribution in [0.25, 0.3) is 0 Å². The minimum absolute atomic E-state index is 0.137. The van der Waals surface area contributed by atoms with Gasteiger partial charge < -0.3 is 15.3 Å². The average molecular weight is 450 g/mol. The fourth-order valence-corrected chi connectivity index (χ4v) is 3.84. The normalized spacial score (nSPS) is 17.5. The fourth-order valence-electron chi connectivity index (χ4n) is 3.54. The molecule has 2 atom stereocenters. The number of aliphatic hydroxyl groups excluding tert-OH is 1. The quantitative estimate of drug-likeness (QED) is 0.681. The lowest BCUT2D eigenvalue weighted by molar-refractivity contribution is -0.131. The first kappa shape index (κ1) is 22.6. The molecule has 30 heavy (non-hydrogen) atoms. The third-order valence-corrected chi connectivity index (χ3v) is 6.04. The second-order valence-electron chi connectivity index (χ2n) is 7.44. The number of likely N-dealkylation sites (N-methyl/N-ethyl adjacent to an activating group) is 1. The molecule has 2 N–H and O–H groups in total. The highest BCUT2D eigenvalue weighted by molar-refractivity contribution is 6.42. The van der Waals surface area contributed by atoms with E-state index in [1.165, 1.54) is 6.07 Å². The molecule has 2 aromatic rings. The van der Waals surface area contributed by atoms with Crippen molar-refractivity contribution in [3.05, 3.63) is 69.7 Å². The summed E-state index contributed by atoms with van der Waals surface area (Å²) in [5.74, 6) is -0.605. The molecule has 0 saturated carbocycles. The summed E-state index contributed by atoms with van der Waals surface area (Å²) in [6.07, 6.45) is 0.409. The Morgan fingerprint density at radius 3 is 2.57 bits per heavy atom. The molecule has 0 aliphatic carbocycles. The summed E-state index contributed by atoms with van der Waals surface area (Å²) in [5.41, 5.74) is 1.34. The van der Waals surface area contributed by atoms with Crippen LogP contribution in [0.4, 0.5) is 0 Å². The number of nitrogens with one attached hydrogen (secondary N) is 1. The van der Waals surface area contributed by atoms with Crippen molar-refractivity contribution in [2.45, 2.75) is 18.6 Å². The molecule has 160 valence electrons. The van der Waals surface area contributed by atoms with Gasteiger partial charge in [-0.05, 0) is 30.2 Å². The number of halogens is 2. The van der Waals surface area contributed by atoms with Crippen LogP contribution in [0.2, 0.25) is 10.0 Å². The number of hydrogen-bond acceptors (Lipinski definition) is 4. The number of likely N-dealkylation sites (tertiary alicyclic amines) is 1. The molecule has 0 radical (unpaired) electrons. The number of hydrogen-bond donors (Lipinski definition) is 2. The van der Waals surface area contributed by atoms with E-state index in [0.717, 1.165) is 18.5 Å². The number of aliphatic hydroxyl groups is 1. The molecule has 1 saturated heterocycles. The zero-order valence-corrected chi connectivity index (χ0v) is 18.2. The first-order valence-corrected chi connectivity index (χ1v) is 10.5. The van der Waals surface area contributed by atoms with E-state index < -0.39 is 5.91 Å². The van der Waals surface area contributed by atoms with Crippen molar-refractivity contribution >= 4 is 35.0 Å². The zero-order chi connectivity index (χ0) is 21.7. The molecule has 0 unspecified atom stereocenters. The third-order valence-electron chi connectivity index (χ3n) is 5.31. The van der Waals surface area contributed by atoms with Crippen LogP contribution < -0.4 is 5.32 Å². The first-order valence-electron chi connectivity index (χ1n) is 9.79. The van der Waals surface area contributed by atoms with Gasteiger partial charge in [0.05, 0.1) is 28.7 Å². The summed E-state index contributed by atoms with van der Waals surface area (Å²) in [7, 11) is 1.73. The molecule has 2 aromatic carbocycles. The molecule has 2 amide bonds. The predicted octanol–water partition coefficient (Wildman–Crippen LogP) is 2.99. The Morgan fingerprint density at radius 1 is 1.20 bits per heavy atom. The number of β-amino-alcohol motifs (C(OH)–C–C–N with tert-alkyl or cyclic N) is 1. The predicted molar refractivity (Wildman–Crippen MR) is 118 cm³/mol. The topological polar surface area (TPSA) is 72.9 Å². The Kier molecular flexibility index (Phi) is 7.72. The van der Waals surface area contributed by atoms with Crippen LogP contribution in [0.15, 0.2) is 48.5 Å².